The van der Waals surface area contributed by atoms with Crippen LogP contribution in [0.4, 0.5) is 9.52 Å². The topological polar surface area (TPSA) is 69.5 Å². The highest BCUT2D eigenvalue weighted by molar-refractivity contribution is 7.22. The Kier molecular flexibility index (Phi) is 6.88. The molecule has 9 heteroatoms. The van der Waals surface area contributed by atoms with Crippen LogP contribution in [0.1, 0.15) is 18.3 Å². The maximum absolute atomic E-state index is 14.0. The minimum absolute atomic E-state index is 0.0345. The normalized spacial score (nSPS) is 11.0. The zero-order valence-electron chi connectivity index (χ0n) is 18.7. The first kappa shape index (κ1) is 22.7. The second-order valence-electron chi connectivity index (χ2n) is 7.45. The molecule has 0 aliphatic carbocycles. The highest BCUT2D eigenvalue weighted by Crippen LogP contribution is 2.34. The Labute approximate surface area is 195 Å². The van der Waals surface area contributed by atoms with Crippen molar-refractivity contribution in [3.05, 3.63) is 65.7 Å². The van der Waals surface area contributed by atoms with E-state index in [4.69, 9.17) is 14.5 Å². The maximum atomic E-state index is 14.0. The minimum atomic E-state index is -0.513. The number of aromatic nitrogens is 3. The highest BCUT2D eigenvalue weighted by Gasteiger charge is 2.22. The van der Waals surface area contributed by atoms with Gasteiger partial charge in [-0.2, -0.15) is 5.10 Å². The van der Waals surface area contributed by atoms with E-state index in [1.54, 1.807) is 17.0 Å². The van der Waals surface area contributed by atoms with Crippen molar-refractivity contribution in [1.29, 1.82) is 0 Å². The lowest BCUT2D eigenvalue weighted by molar-refractivity contribution is -0.120. The summed E-state index contributed by atoms with van der Waals surface area (Å²) in [6, 6.07) is 13.7. The number of nitrogens with zero attached hydrogens (tertiary/aromatic N) is 4. The van der Waals surface area contributed by atoms with Crippen molar-refractivity contribution in [2.45, 2.75) is 27.3 Å². The molecule has 0 aliphatic heterocycles. The van der Waals surface area contributed by atoms with E-state index >= 15 is 0 Å². The van der Waals surface area contributed by atoms with Gasteiger partial charge in [-0.15, -0.1) is 0 Å². The summed E-state index contributed by atoms with van der Waals surface area (Å²) in [7, 11) is 0. The summed E-state index contributed by atoms with van der Waals surface area (Å²) in [5.41, 5.74) is 2.62. The largest absolute Gasteiger partial charge is 0.492 e. The van der Waals surface area contributed by atoms with Gasteiger partial charge in [0.2, 0.25) is 0 Å². The van der Waals surface area contributed by atoms with Crippen molar-refractivity contribution in [3.8, 4) is 11.5 Å². The number of hydrogen-bond acceptors (Lipinski definition) is 6. The van der Waals surface area contributed by atoms with Gasteiger partial charge in [-0.25, -0.2) is 9.37 Å². The quantitative estimate of drug-likeness (QED) is 0.354. The summed E-state index contributed by atoms with van der Waals surface area (Å²) in [5, 5.41) is 5.01. The van der Waals surface area contributed by atoms with Crippen LogP contribution in [0.3, 0.4) is 0 Å². The standard InChI is InChI=1S/C24H25FN4O3S/c1-4-31-20-10-7-11-21-23(20)26-24(33-21)28(12-13-29-17(3)14-16(2)27-29)22(30)15-32-19-9-6-5-8-18(19)25/h5-11,14H,4,12-13,15H2,1-3H3. The lowest BCUT2D eigenvalue weighted by Gasteiger charge is -2.20. The molecule has 0 saturated heterocycles. The van der Waals surface area contributed by atoms with Crippen LogP contribution in [0.25, 0.3) is 10.2 Å². The monoisotopic (exact) mass is 468 g/mol. The molecule has 7 nitrogen and oxygen atoms in total. The third-order valence-electron chi connectivity index (χ3n) is 5.03. The highest BCUT2D eigenvalue weighted by atomic mass is 32.1. The lowest BCUT2D eigenvalue weighted by atomic mass is 10.3. The molecule has 1 amide bonds. The molecular formula is C24H25FN4O3S. The Morgan fingerprint density at radius 3 is 2.64 bits per heavy atom. The van der Waals surface area contributed by atoms with Crippen LogP contribution in [-0.2, 0) is 11.3 Å². The molecule has 0 aliphatic rings. The van der Waals surface area contributed by atoms with E-state index in [1.807, 2.05) is 49.7 Å². The molecule has 0 spiro atoms. The van der Waals surface area contributed by atoms with Gasteiger partial charge in [0, 0.05) is 12.2 Å². The van der Waals surface area contributed by atoms with Crippen LogP contribution in [0, 0.1) is 19.7 Å². The van der Waals surface area contributed by atoms with Gasteiger partial charge >= 0.3 is 0 Å². The van der Waals surface area contributed by atoms with Gasteiger partial charge < -0.3 is 9.47 Å². The van der Waals surface area contributed by atoms with Gasteiger partial charge in [-0.3, -0.25) is 14.4 Å². The van der Waals surface area contributed by atoms with Crippen LogP contribution >= 0.6 is 11.3 Å². The number of carbonyl (C=O) groups excluding carboxylic acids is 1. The van der Waals surface area contributed by atoms with E-state index in [2.05, 4.69) is 5.10 Å². The summed E-state index contributed by atoms with van der Waals surface area (Å²) >= 11 is 1.40. The fourth-order valence-electron chi connectivity index (χ4n) is 3.50. The predicted molar refractivity (Wildman–Crippen MR) is 127 cm³/mol. The number of para-hydroxylation sites is 2. The predicted octanol–water partition coefficient (Wildman–Crippen LogP) is 4.76. The van der Waals surface area contributed by atoms with E-state index in [1.165, 1.54) is 23.5 Å². The molecule has 0 atom stereocenters. The average molecular weight is 469 g/mol. The first-order valence-corrected chi connectivity index (χ1v) is 11.5. The summed E-state index contributed by atoms with van der Waals surface area (Å²) in [6.07, 6.45) is 0. The molecule has 172 valence electrons. The summed E-state index contributed by atoms with van der Waals surface area (Å²) in [6.45, 7) is 6.84. The summed E-state index contributed by atoms with van der Waals surface area (Å²) < 4.78 is 27.9. The number of ether oxygens (including phenoxy) is 2. The van der Waals surface area contributed by atoms with Gasteiger partial charge in [-0.1, -0.05) is 29.5 Å². The Bertz CT molecular complexity index is 1270. The van der Waals surface area contributed by atoms with Crippen molar-refractivity contribution in [2.75, 3.05) is 24.7 Å². The molecule has 0 N–H and O–H groups in total. The second-order valence-corrected chi connectivity index (χ2v) is 8.46. The molecule has 0 radical (unpaired) electrons. The molecule has 2 heterocycles. The molecule has 4 rings (SSSR count). The van der Waals surface area contributed by atoms with Crippen LogP contribution in [0.5, 0.6) is 11.5 Å². The fourth-order valence-corrected chi connectivity index (χ4v) is 4.53. The first-order chi connectivity index (χ1) is 16.0. The fraction of sp³-hybridized carbons (Fsp3) is 0.292. The number of hydrogen-bond donors (Lipinski definition) is 0. The van der Waals surface area contributed by atoms with E-state index in [-0.39, 0.29) is 18.3 Å². The number of halogens is 1. The van der Waals surface area contributed by atoms with E-state index < -0.39 is 5.82 Å². The van der Waals surface area contributed by atoms with Crippen molar-refractivity contribution >= 4 is 32.6 Å². The number of aryl methyl sites for hydroxylation is 2. The number of amides is 1. The Balaban J connectivity index is 1.61. The molecule has 2 aromatic heterocycles. The number of rotatable bonds is 9. The maximum Gasteiger partial charge on any atom is 0.266 e. The summed E-state index contributed by atoms with van der Waals surface area (Å²) in [5.74, 6) is -0.129. The average Bonchev–Trinajstić information content (AvgIpc) is 3.36. The molecule has 0 unspecified atom stereocenters. The Morgan fingerprint density at radius 1 is 1.12 bits per heavy atom. The van der Waals surface area contributed by atoms with Gasteiger partial charge in [0.25, 0.3) is 5.91 Å². The van der Waals surface area contributed by atoms with Crippen molar-refractivity contribution < 1.29 is 18.7 Å². The molecule has 0 bridgehead atoms. The van der Waals surface area contributed by atoms with Crippen LogP contribution in [0.15, 0.2) is 48.5 Å². The lowest BCUT2D eigenvalue weighted by Crippen LogP contribution is -2.37. The van der Waals surface area contributed by atoms with Crippen LogP contribution < -0.4 is 14.4 Å². The van der Waals surface area contributed by atoms with Gasteiger partial charge in [-0.05, 0) is 51.1 Å². The van der Waals surface area contributed by atoms with Crippen LogP contribution in [-0.4, -0.2) is 40.4 Å². The van der Waals surface area contributed by atoms with Crippen molar-refractivity contribution in [2.24, 2.45) is 0 Å². The zero-order valence-corrected chi connectivity index (χ0v) is 19.6. The first-order valence-electron chi connectivity index (χ1n) is 10.7. The minimum Gasteiger partial charge on any atom is -0.492 e. The summed E-state index contributed by atoms with van der Waals surface area (Å²) in [4.78, 5) is 19.5. The smallest absolute Gasteiger partial charge is 0.266 e. The van der Waals surface area contributed by atoms with Crippen LogP contribution in [0.2, 0.25) is 0 Å². The SMILES string of the molecule is CCOc1cccc2sc(N(CCn3nc(C)cc3C)C(=O)COc3ccccc3F)nc12. The van der Waals surface area contributed by atoms with Crippen molar-refractivity contribution in [3.63, 3.8) is 0 Å². The van der Waals surface area contributed by atoms with Crippen molar-refractivity contribution in [1.82, 2.24) is 14.8 Å². The second kappa shape index (κ2) is 9.99. The van der Waals surface area contributed by atoms with E-state index in [9.17, 15) is 9.18 Å². The third-order valence-corrected chi connectivity index (χ3v) is 6.07. The number of fused-ring (bicyclic) bond motifs is 1. The van der Waals surface area contributed by atoms with E-state index in [0.29, 0.717) is 36.1 Å². The van der Waals surface area contributed by atoms with Gasteiger partial charge in [0.1, 0.15) is 11.3 Å². The zero-order chi connectivity index (χ0) is 23.4. The van der Waals surface area contributed by atoms with Gasteiger partial charge in [0.15, 0.2) is 23.3 Å². The molecule has 4 aromatic rings. The molecule has 0 saturated carbocycles. The molecule has 2 aromatic carbocycles. The Hall–Kier alpha value is -3.46. The number of carbonyl (C=O) groups is 1. The molecular weight excluding hydrogens is 443 g/mol. The Morgan fingerprint density at radius 2 is 1.91 bits per heavy atom. The van der Waals surface area contributed by atoms with Gasteiger partial charge in [0.05, 0.1) is 23.5 Å². The number of benzene rings is 2. The number of thiazole rings is 1. The molecule has 0 fully saturated rings. The third kappa shape index (κ3) is 5.14. The molecule has 33 heavy (non-hydrogen) atoms. The van der Waals surface area contributed by atoms with E-state index in [0.717, 1.165) is 16.1 Å². The number of anilines is 1.